The van der Waals surface area contributed by atoms with Crippen LogP contribution in [0.3, 0.4) is 0 Å². The molecule has 0 fully saturated rings. The smallest absolute Gasteiger partial charge is 0.00675 e. The van der Waals surface area contributed by atoms with Gasteiger partial charge in [0.15, 0.2) is 0 Å². The molecule has 1 heteroatoms. The molecule has 0 heterocycles. The molecule has 0 aromatic heterocycles. The number of hydrogen-bond acceptors (Lipinski definition) is 1. The summed E-state index contributed by atoms with van der Waals surface area (Å²) in [5.41, 5.74) is 0. The molecule has 0 saturated heterocycles. The minimum atomic E-state index is 1.37. The van der Waals surface area contributed by atoms with E-state index in [0.717, 1.165) is 0 Å². The normalized spacial score (nSPS) is 11.4. The van der Waals surface area contributed by atoms with Gasteiger partial charge in [-0.25, -0.2) is 0 Å². The molecule has 0 aliphatic rings. The van der Waals surface area contributed by atoms with Gasteiger partial charge in [0.05, 0.1) is 0 Å². The zero-order valence-electron chi connectivity index (χ0n) is 21.5. The Morgan fingerprint density at radius 1 is 0.267 bits per heavy atom. The Morgan fingerprint density at radius 3 is 0.700 bits per heavy atom. The topological polar surface area (TPSA) is 0 Å². The molecule has 0 bridgehead atoms. The largest absolute Gasteiger partial charge is 0.162 e. The van der Waals surface area contributed by atoms with Gasteiger partial charge in [-0.1, -0.05) is 162 Å². The van der Waals surface area contributed by atoms with Gasteiger partial charge in [-0.3, -0.25) is 0 Å². The average molecular weight is 441 g/mol. The Labute approximate surface area is 197 Å². The number of thioether (sulfide) groups is 1. The van der Waals surface area contributed by atoms with Gasteiger partial charge in [0.25, 0.3) is 0 Å². The van der Waals surface area contributed by atoms with Gasteiger partial charge in [0, 0.05) is 0 Å². The summed E-state index contributed by atoms with van der Waals surface area (Å²) in [5.74, 6) is 2.82. The van der Waals surface area contributed by atoms with Crippen molar-refractivity contribution in [2.75, 3.05) is 11.5 Å². The highest BCUT2D eigenvalue weighted by molar-refractivity contribution is 7.99. The summed E-state index contributed by atoms with van der Waals surface area (Å²) in [6.07, 6.45) is 36.7. The molecule has 0 aliphatic carbocycles. The van der Waals surface area contributed by atoms with Crippen LogP contribution in [0.25, 0.3) is 0 Å². The van der Waals surface area contributed by atoms with E-state index < -0.39 is 0 Å². The van der Waals surface area contributed by atoms with E-state index in [9.17, 15) is 0 Å². The minimum absolute atomic E-state index is 1.37. The molecular weight excluding hydrogens is 380 g/mol. The van der Waals surface area contributed by atoms with Crippen LogP contribution in [0.2, 0.25) is 0 Å². The van der Waals surface area contributed by atoms with E-state index >= 15 is 0 Å². The van der Waals surface area contributed by atoms with Gasteiger partial charge in [-0.05, 0) is 24.3 Å². The Morgan fingerprint density at radius 2 is 0.467 bits per heavy atom. The predicted octanol–water partition coefficient (Wildman–Crippen LogP) is 11.5. The van der Waals surface area contributed by atoms with Crippen LogP contribution < -0.4 is 0 Å². The Balaban J connectivity index is 2.97. The predicted molar refractivity (Wildman–Crippen MR) is 144 cm³/mol. The first kappa shape index (κ1) is 30.4. The fraction of sp³-hybridized carbons (Fsp3) is 1.00. The minimum Gasteiger partial charge on any atom is -0.162 e. The highest BCUT2D eigenvalue weighted by atomic mass is 32.2. The van der Waals surface area contributed by atoms with Gasteiger partial charge in [-0.15, -0.1) is 0 Å². The van der Waals surface area contributed by atoms with E-state index in [1.165, 1.54) is 172 Å². The van der Waals surface area contributed by atoms with Crippen molar-refractivity contribution in [3.8, 4) is 0 Å². The van der Waals surface area contributed by atoms with Crippen molar-refractivity contribution in [2.45, 2.75) is 174 Å². The van der Waals surface area contributed by atoms with Crippen LogP contribution in [0.5, 0.6) is 0 Å². The Hall–Kier alpha value is 0.350. The molecule has 0 saturated carbocycles. The fourth-order valence-corrected chi connectivity index (χ4v) is 5.39. The summed E-state index contributed by atoms with van der Waals surface area (Å²) in [4.78, 5) is 0. The number of rotatable bonds is 27. The molecule has 0 amide bonds. The van der Waals surface area contributed by atoms with Gasteiger partial charge in [0.2, 0.25) is 0 Å². The molecule has 0 N–H and O–H groups in total. The maximum atomic E-state index is 2.30. The third-order valence-electron chi connectivity index (χ3n) is 6.53. The highest BCUT2D eigenvalue weighted by Gasteiger charge is 1.96. The lowest BCUT2D eigenvalue weighted by Gasteiger charge is -2.04. The first-order valence-corrected chi connectivity index (χ1v) is 15.6. The van der Waals surface area contributed by atoms with Gasteiger partial charge < -0.3 is 0 Å². The first-order chi connectivity index (χ1) is 14.9. The molecule has 0 nitrogen and oxygen atoms in total. The molecule has 0 spiro atoms. The SMILES string of the molecule is CCCCCCCCCCCCCCCCCCSCCCCCCCCCCC. The van der Waals surface area contributed by atoms with Crippen LogP contribution in [-0.2, 0) is 0 Å². The Kier molecular flexibility index (Phi) is 29.7. The number of hydrogen-bond donors (Lipinski definition) is 0. The lowest BCUT2D eigenvalue weighted by Crippen LogP contribution is -1.87. The molecule has 0 atom stereocenters. The summed E-state index contributed by atoms with van der Waals surface area (Å²) < 4.78 is 0. The second-order valence-electron chi connectivity index (χ2n) is 9.74. The standard InChI is InChI=1S/C29H60S/c1-3-5-7-9-11-13-14-15-16-17-18-19-21-23-25-27-29-30-28-26-24-22-20-12-10-8-6-4-2/h3-29H2,1-2H3. The van der Waals surface area contributed by atoms with Crippen molar-refractivity contribution < 1.29 is 0 Å². The van der Waals surface area contributed by atoms with Crippen molar-refractivity contribution in [3.63, 3.8) is 0 Å². The fourth-order valence-electron chi connectivity index (χ4n) is 4.37. The average Bonchev–Trinajstić information content (AvgIpc) is 2.76. The van der Waals surface area contributed by atoms with E-state index in [4.69, 9.17) is 0 Å². The van der Waals surface area contributed by atoms with Crippen molar-refractivity contribution in [3.05, 3.63) is 0 Å². The van der Waals surface area contributed by atoms with Crippen LogP contribution in [-0.4, -0.2) is 11.5 Å². The van der Waals surface area contributed by atoms with Crippen molar-refractivity contribution in [1.82, 2.24) is 0 Å². The number of unbranched alkanes of at least 4 members (excludes halogenated alkanes) is 23. The van der Waals surface area contributed by atoms with Gasteiger partial charge in [-0.2, -0.15) is 11.8 Å². The zero-order valence-corrected chi connectivity index (χ0v) is 22.3. The maximum Gasteiger partial charge on any atom is -0.00675 e. The maximum absolute atomic E-state index is 2.30. The molecule has 0 aromatic rings. The molecule has 0 aromatic carbocycles. The van der Waals surface area contributed by atoms with E-state index in [0.29, 0.717) is 0 Å². The Bertz CT molecular complexity index is 248. The van der Waals surface area contributed by atoms with Crippen molar-refractivity contribution >= 4 is 11.8 Å². The third kappa shape index (κ3) is 28.4. The molecule has 0 radical (unpaired) electrons. The van der Waals surface area contributed by atoms with Crippen LogP contribution in [0.4, 0.5) is 0 Å². The summed E-state index contributed by atoms with van der Waals surface area (Å²) >= 11 is 2.21. The van der Waals surface area contributed by atoms with Crippen molar-refractivity contribution in [1.29, 1.82) is 0 Å². The van der Waals surface area contributed by atoms with E-state index in [1.54, 1.807) is 0 Å². The molecule has 0 aliphatic heterocycles. The monoisotopic (exact) mass is 440 g/mol. The third-order valence-corrected chi connectivity index (χ3v) is 7.69. The molecule has 182 valence electrons. The second-order valence-corrected chi connectivity index (χ2v) is 11.0. The molecule has 0 rings (SSSR count). The van der Waals surface area contributed by atoms with E-state index in [-0.39, 0.29) is 0 Å². The zero-order chi connectivity index (χ0) is 21.8. The lowest BCUT2D eigenvalue weighted by molar-refractivity contribution is 0.531. The summed E-state index contributed by atoms with van der Waals surface area (Å²) in [6, 6.07) is 0. The highest BCUT2D eigenvalue weighted by Crippen LogP contribution is 2.16. The second kappa shape index (κ2) is 29.4. The van der Waals surface area contributed by atoms with Crippen LogP contribution in [0.1, 0.15) is 174 Å². The first-order valence-electron chi connectivity index (χ1n) is 14.5. The summed E-state index contributed by atoms with van der Waals surface area (Å²) in [5, 5.41) is 0. The molecular formula is C29H60S. The van der Waals surface area contributed by atoms with E-state index in [2.05, 4.69) is 25.6 Å². The quantitative estimate of drug-likeness (QED) is 0.114. The summed E-state index contributed by atoms with van der Waals surface area (Å²) in [6.45, 7) is 4.61. The molecule has 0 unspecified atom stereocenters. The summed E-state index contributed by atoms with van der Waals surface area (Å²) in [7, 11) is 0. The molecule has 30 heavy (non-hydrogen) atoms. The van der Waals surface area contributed by atoms with Gasteiger partial charge >= 0.3 is 0 Å². The van der Waals surface area contributed by atoms with E-state index in [1.807, 2.05) is 0 Å². The van der Waals surface area contributed by atoms with Crippen LogP contribution in [0.15, 0.2) is 0 Å². The lowest BCUT2D eigenvalue weighted by atomic mass is 10.0. The van der Waals surface area contributed by atoms with Crippen LogP contribution in [0, 0.1) is 0 Å². The van der Waals surface area contributed by atoms with Crippen LogP contribution >= 0.6 is 11.8 Å². The van der Waals surface area contributed by atoms with Crippen molar-refractivity contribution in [2.24, 2.45) is 0 Å². The van der Waals surface area contributed by atoms with Gasteiger partial charge in [0.1, 0.15) is 0 Å².